The van der Waals surface area contributed by atoms with Crippen LogP contribution >= 0.6 is 15.9 Å². The number of aromatic nitrogens is 1. The average molecular weight is 241 g/mol. The van der Waals surface area contributed by atoms with Crippen LogP contribution in [0.3, 0.4) is 0 Å². The van der Waals surface area contributed by atoms with E-state index in [9.17, 15) is 0 Å². The molecule has 2 nitrogen and oxygen atoms in total. The van der Waals surface area contributed by atoms with Crippen LogP contribution in [-0.2, 0) is 6.42 Å². The van der Waals surface area contributed by atoms with E-state index in [0.717, 1.165) is 24.0 Å². The summed E-state index contributed by atoms with van der Waals surface area (Å²) in [5.41, 5.74) is 1.62. The van der Waals surface area contributed by atoms with Gasteiger partial charge >= 0.3 is 0 Å². The average Bonchev–Trinajstić information content (AvgIpc) is 2.06. The fourth-order valence-corrected chi connectivity index (χ4v) is 1.86. The van der Waals surface area contributed by atoms with E-state index in [2.05, 4.69) is 45.3 Å². The zero-order valence-corrected chi connectivity index (χ0v) is 9.26. The minimum absolute atomic E-state index is 0.431. The molecule has 0 unspecified atom stereocenters. The first-order valence-corrected chi connectivity index (χ1v) is 5.28. The van der Waals surface area contributed by atoms with E-state index in [-0.39, 0.29) is 0 Å². The maximum Gasteiger partial charge on any atom is 0.0413 e. The molecule has 0 spiro atoms. The highest BCUT2D eigenvalue weighted by molar-refractivity contribution is 9.10. The smallest absolute Gasteiger partial charge is 0.0413 e. The van der Waals surface area contributed by atoms with Gasteiger partial charge in [-0.3, -0.25) is 4.98 Å². The molecule has 0 aromatic carbocycles. The lowest BCUT2D eigenvalue weighted by Crippen LogP contribution is -2.52. The van der Waals surface area contributed by atoms with Crippen LogP contribution in [0.2, 0.25) is 0 Å². The number of pyridine rings is 1. The van der Waals surface area contributed by atoms with Crippen LogP contribution in [0.25, 0.3) is 0 Å². The predicted molar refractivity (Wildman–Crippen MR) is 56.6 cm³/mol. The van der Waals surface area contributed by atoms with Gasteiger partial charge in [0.1, 0.15) is 0 Å². The second kappa shape index (κ2) is 3.39. The molecule has 0 atom stereocenters. The lowest BCUT2D eigenvalue weighted by molar-refractivity contribution is 0.193. The molecule has 1 aliphatic heterocycles. The van der Waals surface area contributed by atoms with E-state index in [0.29, 0.717) is 5.41 Å². The van der Waals surface area contributed by atoms with Gasteiger partial charge in [0.25, 0.3) is 0 Å². The van der Waals surface area contributed by atoms with Crippen LogP contribution in [0, 0.1) is 5.41 Å². The molecule has 1 fully saturated rings. The van der Waals surface area contributed by atoms with Crippen molar-refractivity contribution in [2.45, 2.75) is 13.3 Å². The monoisotopic (exact) mass is 240 g/mol. The van der Waals surface area contributed by atoms with E-state index in [4.69, 9.17) is 0 Å². The van der Waals surface area contributed by atoms with Gasteiger partial charge in [-0.05, 0) is 39.9 Å². The molecule has 70 valence electrons. The Morgan fingerprint density at radius 1 is 1.54 bits per heavy atom. The molecular formula is C10H13BrN2. The zero-order valence-electron chi connectivity index (χ0n) is 7.68. The highest BCUT2D eigenvalue weighted by Gasteiger charge is 2.31. The van der Waals surface area contributed by atoms with Crippen molar-refractivity contribution >= 4 is 15.9 Å². The van der Waals surface area contributed by atoms with E-state index in [1.807, 2.05) is 6.20 Å². The van der Waals surface area contributed by atoms with Crippen LogP contribution < -0.4 is 5.32 Å². The van der Waals surface area contributed by atoms with Gasteiger partial charge in [0, 0.05) is 29.5 Å². The van der Waals surface area contributed by atoms with Crippen molar-refractivity contribution in [1.29, 1.82) is 0 Å². The summed E-state index contributed by atoms with van der Waals surface area (Å²) in [6, 6.07) is 4.14. The topological polar surface area (TPSA) is 24.9 Å². The Hall–Kier alpha value is -0.410. The maximum atomic E-state index is 4.37. The standard InChI is InChI=1S/C10H13BrN2/c1-10(6-12-7-10)4-9-3-2-8(11)5-13-9/h2-3,5,12H,4,6-7H2,1H3. The predicted octanol–water partition coefficient (Wildman–Crippen LogP) is 2.00. The summed E-state index contributed by atoms with van der Waals surface area (Å²) >= 11 is 3.38. The largest absolute Gasteiger partial charge is 0.316 e. The summed E-state index contributed by atoms with van der Waals surface area (Å²) in [6.45, 7) is 4.53. The quantitative estimate of drug-likeness (QED) is 0.856. The van der Waals surface area contributed by atoms with Crippen molar-refractivity contribution in [2.24, 2.45) is 5.41 Å². The summed E-state index contributed by atoms with van der Waals surface area (Å²) < 4.78 is 1.05. The first-order chi connectivity index (χ1) is 6.18. The van der Waals surface area contributed by atoms with Crippen LogP contribution in [0.1, 0.15) is 12.6 Å². The SMILES string of the molecule is CC1(Cc2ccc(Br)cn2)CNC1. The third-order valence-electron chi connectivity index (χ3n) is 2.50. The van der Waals surface area contributed by atoms with Crippen LogP contribution in [-0.4, -0.2) is 18.1 Å². The van der Waals surface area contributed by atoms with E-state index >= 15 is 0 Å². The third kappa shape index (κ3) is 2.09. The number of nitrogens with zero attached hydrogens (tertiary/aromatic N) is 1. The van der Waals surface area contributed by atoms with Crippen molar-refractivity contribution < 1.29 is 0 Å². The molecule has 3 heteroatoms. The van der Waals surface area contributed by atoms with E-state index in [1.54, 1.807) is 0 Å². The summed E-state index contributed by atoms with van der Waals surface area (Å²) in [4.78, 5) is 4.37. The number of hydrogen-bond acceptors (Lipinski definition) is 2. The molecule has 1 aromatic heterocycles. The zero-order chi connectivity index (χ0) is 9.31. The van der Waals surface area contributed by atoms with Crippen molar-refractivity contribution in [3.8, 4) is 0 Å². The Kier molecular flexibility index (Phi) is 2.39. The molecule has 1 aliphatic rings. The Morgan fingerprint density at radius 3 is 2.77 bits per heavy atom. The lowest BCUT2D eigenvalue weighted by Gasteiger charge is -2.39. The van der Waals surface area contributed by atoms with E-state index in [1.165, 1.54) is 5.69 Å². The number of halogens is 1. The van der Waals surface area contributed by atoms with Gasteiger partial charge in [-0.1, -0.05) is 6.92 Å². The number of nitrogens with one attached hydrogen (secondary N) is 1. The van der Waals surface area contributed by atoms with Crippen molar-refractivity contribution in [2.75, 3.05) is 13.1 Å². The fourth-order valence-electron chi connectivity index (χ4n) is 1.63. The molecule has 1 saturated heterocycles. The summed E-state index contributed by atoms with van der Waals surface area (Å²) in [5.74, 6) is 0. The first-order valence-electron chi connectivity index (χ1n) is 4.49. The molecule has 1 N–H and O–H groups in total. The molecule has 2 heterocycles. The highest BCUT2D eigenvalue weighted by Crippen LogP contribution is 2.25. The minimum Gasteiger partial charge on any atom is -0.316 e. The van der Waals surface area contributed by atoms with Gasteiger partial charge < -0.3 is 5.32 Å². The maximum absolute atomic E-state index is 4.37. The molecule has 1 aromatic rings. The summed E-state index contributed by atoms with van der Waals surface area (Å²) in [5, 5.41) is 3.30. The molecule has 13 heavy (non-hydrogen) atoms. The Balaban J connectivity index is 2.05. The van der Waals surface area contributed by atoms with Crippen molar-refractivity contribution in [3.63, 3.8) is 0 Å². The molecule has 0 aliphatic carbocycles. The van der Waals surface area contributed by atoms with Gasteiger partial charge in [0.15, 0.2) is 0 Å². The minimum atomic E-state index is 0.431. The third-order valence-corrected chi connectivity index (χ3v) is 2.97. The van der Waals surface area contributed by atoms with Gasteiger partial charge in [-0.2, -0.15) is 0 Å². The molecule has 2 rings (SSSR count). The summed E-state index contributed by atoms with van der Waals surface area (Å²) in [7, 11) is 0. The molecule has 0 saturated carbocycles. The van der Waals surface area contributed by atoms with Gasteiger partial charge in [0.05, 0.1) is 0 Å². The van der Waals surface area contributed by atoms with Crippen LogP contribution in [0.5, 0.6) is 0 Å². The first kappa shape index (κ1) is 9.16. The Morgan fingerprint density at radius 2 is 2.31 bits per heavy atom. The Labute approximate surface area is 86.9 Å². The normalized spacial score (nSPS) is 19.5. The highest BCUT2D eigenvalue weighted by atomic mass is 79.9. The van der Waals surface area contributed by atoms with Crippen LogP contribution in [0.4, 0.5) is 0 Å². The fraction of sp³-hybridized carbons (Fsp3) is 0.500. The number of rotatable bonds is 2. The Bertz CT molecular complexity index is 290. The van der Waals surface area contributed by atoms with Gasteiger partial charge in [0.2, 0.25) is 0 Å². The summed E-state index contributed by atoms with van der Waals surface area (Å²) in [6.07, 6.45) is 2.94. The van der Waals surface area contributed by atoms with Crippen molar-refractivity contribution in [1.82, 2.24) is 10.3 Å². The van der Waals surface area contributed by atoms with Gasteiger partial charge in [-0.15, -0.1) is 0 Å². The second-order valence-corrected chi connectivity index (χ2v) is 4.97. The number of hydrogen-bond donors (Lipinski definition) is 1. The second-order valence-electron chi connectivity index (χ2n) is 4.06. The molecule has 0 radical (unpaired) electrons. The molecule has 0 bridgehead atoms. The molecular weight excluding hydrogens is 228 g/mol. The van der Waals surface area contributed by atoms with Crippen LogP contribution in [0.15, 0.2) is 22.8 Å². The molecule has 0 amide bonds. The van der Waals surface area contributed by atoms with E-state index < -0.39 is 0 Å². The lowest BCUT2D eigenvalue weighted by atomic mass is 9.80. The van der Waals surface area contributed by atoms with Gasteiger partial charge in [-0.25, -0.2) is 0 Å². The van der Waals surface area contributed by atoms with Crippen molar-refractivity contribution in [3.05, 3.63) is 28.5 Å².